The molecular weight excluding hydrogens is 248 g/mol. The molecular formula is C18H22O2. The van der Waals surface area contributed by atoms with Crippen LogP contribution in [0, 0.1) is 6.92 Å². The summed E-state index contributed by atoms with van der Waals surface area (Å²) in [6.07, 6.45) is 0.147. The van der Waals surface area contributed by atoms with Crippen molar-refractivity contribution in [3.63, 3.8) is 0 Å². The Labute approximate surface area is 121 Å². The molecule has 1 unspecified atom stereocenters. The minimum atomic E-state index is -0.549. The molecule has 2 nitrogen and oxygen atoms in total. The standard InChI is InChI=1S/C18H22O2/c1-13(2)20-18-10-5-4-9-16(18)17(19)12-15-8-6-7-14(3)11-15/h4-11,13,17,19H,12H2,1-3H3. The second-order valence-electron chi connectivity index (χ2n) is 5.41. The Morgan fingerprint density at radius 2 is 1.80 bits per heavy atom. The summed E-state index contributed by atoms with van der Waals surface area (Å²) < 4.78 is 5.77. The molecule has 0 amide bonds. The Hall–Kier alpha value is -1.80. The zero-order valence-electron chi connectivity index (χ0n) is 12.3. The van der Waals surface area contributed by atoms with Gasteiger partial charge in [0.15, 0.2) is 0 Å². The van der Waals surface area contributed by atoms with Gasteiger partial charge in [0.05, 0.1) is 12.2 Å². The highest BCUT2D eigenvalue weighted by Gasteiger charge is 2.14. The van der Waals surface area contributed by atoms with Crippen molar-refractivity contribution in [2.45, 2.75) is 39.4 Å². The summed E-state index contributed by atoms with van der Waals surface area (Å²) in [6.45, 7) is 6.04. The third kappa shape index (κ3) is 3.84. The Morgan fingerprint density at radius 3 is 2.50 bits per heavy atom. The van der Waals surface area contributed by atoms with Gasteiger partial charge < -0.3 is 9.84 Å². The Morgan fingerprint density at radius 1 is 1.05 bits per heavy atom. The van der Waals surface area contributed by atoms with Crippen LogP contribution in [0.5, 0.6) is 5.75 Å². The Kier molecular flexibility index (Phi) is 4.80. The number of hydrogen-bond acceptors (Lipinski definition) is 2. The van der Waals surface area contributed by atoms with Crippen LogP contribution in [0.25, 0.3) is 0 Å². The molecule has 0 radical (unpaired) electrons. The molecule has 0 saturated carbocycles. The highest BCUT2D eigenvalue weighted by atomic mass is 16.5. The Balaban J connectivity index is 2.18. The van der Waals surface area contributed by atoms with Gasteiger partial charge in [-0.2, -0.15) is 0 Å². The summed E-state index contributed by atoms with van der Waals surface area (Å²) >= 11 is 0. The van der Waals surface area contributed by atoms with Gasteiger partial charge in [0.25, 0.3) is 0 Å². The van der Waals surface area contributed by atoms with Gasteiger partial charge in [0.2, 0.25) is 0 Å². The molecule has 106 valence electrons. The van der Waals surface area contributed by atoms with Crippen LogP contribution in [0.4, 0.5) is 0 Å². The molecule has 2 aromatic carbocycles. The lowest BCUT2D eigenvalue weighted by molar-refractivity contribution is 0.166. The summed E-state index contributed by atoms with van der Waals surface area (Å²) in [5.41, 5.74) is 3.20. The van der Waals surface area contributed by atoms with Crippen molar-refractivity contribution in [1.29, 1.82) is 0 Å². The zero-order valence-corrected chi connectivity index (χ0v) is 12.3. The van der Waals surface area contributed by atoms with Crippen molar-refractivity contribution in [3.05, 3.63) is 65.2 Å². The molecule has 0 aromatic heterocycles. The van der Waals surface area contributed by atoms with E-state index >= 15 is 0 Å². The molecule has 1 N–H and O–H groups in total. The van der Waals surface area contributed by atoms with Gasteiger partial charge in [-0.3, -0.25) is 0 Å². The SMILES string of the molecule is Cc1cccc(CC(O)c2ccccc2OC(C)C)c1. The van der Waals surface area contributed by atoms with E-state index in [2.05, 4.69) is 19.1 Å². The van der Waals surface area contributed by atoms with Crippen LogP contribution in [0.2, 0.25) is 0 Å². The maximum absolute atomic E-state index is 10.5. The van der Waals surface area contributed by atoms with Crippen LogP contribution in [0.3, 0.4) is 0 Å². The molecule has 0 spiro atoms. The monoisotopic (exact) mass is 270 g/mol. The molecule has 0 fully saturated rings. The van der Waals surface area contributed by atoms with Crippen molar-refractivity contribution in [2.75, 3.05) is 0 Å². The maximum atomic E-state index is 10.5. The summed E-state index contributed by atoms with van der Waals surface area (Å²) in [7, 11) is 0. The van der Waals surface area contributed by atoms with Crippen LogP contribution in [0.1, 0.15) is 36.6 Å². The molecule has 20 heavy (non-hydrogen) atoms. The molecule has 0 aliphatic carbocycles. The first-order valence-corrected chi connectivity index (χ1v) is 7.05. The van der Waals surface area contributed by atoms with Gasteiger partial charge in [-0.25, -0.2) is 0 Å². The summed E-state index contributed by atoms with van der Waals surface area (Å²) in [5.74, 6) is 0.766. The minimum absolute atomic E-state index is 0.0994. The minimum Gasteiger partial charge on any atom is -0.491 e. The van der Waals surface area contributed by atoms with E-state index in [1.807, 2.05) is 50.2 Å². The van der Waals surface area contributed by atoms with Gasteiger partial charge >= 0.3 is 0 Å². The number of aryl methyl sites for hydroxylation is 1. The average molecular weight is 270 g/mol. The normalized spacial score (nSPS) is 12.4. The lowest BCUT2D eigenvalue weighted by Crippen LogP contribution is -2.10. The van der Waals surface area contributed by atoms with E-state index in [0.717, 1.165) is 16.9 Å². The fourth-order valence-electron chi connectivity index (χ4n) is 2.29. The van der Waals surface area contributed by atoms with Crippen molar-refractivity contribution in [3.8, 4) is 5.75 Å². The summed E-state index contributed by atoms with van der Waals surface area (Å²) in [6, 6.07) is 15.9. The third-order valence-corrected chi connectivity index (χ3v) is 3.15. The number of ether oxygens (including phenoxy) is 1. The number of rotatable bonds is 5. The predicted octanol–water partition coefficient (Wildman–Crippen LogP) is 4.06. The van der Waals surface area contributed by atoms with Crippen molar-refractivity contribution in [1.82, 2.24) is 0 Å². The lowest BCUT2D eigenvalue weighted by atomic mass is 9.99. The number of aliphatic hydroxyl groups excluding tert-OH is 1. The largest absolute Gasteiger partial charge is 0.491 e. The molecule has 2 aromatic rings. The van der Waals surface area contributed by atoms with Crippen LogP contribution in [-0.2, 0) is 6.42 Å². The molecule has 0 heterocycles. The van der Waals surface area contributed by atoms with E-state index in [-0.39, 0.29) is 6.10 Å². The molecule has 0 aliphatic heterocycles. The third-order valence-electron chi connectivity index (χ3n) is 3.15. The lowest BCUT2D eigenvalue weighted by Gasteiger charge is -2.18. The van der Waals surface area contributed by atoms with E-state index < -0.39 is 6.10 Å². The fourth-order valence-corrected chi connectivity index (χ4v) is 2.29. The van der Waals surface area contributed by atoms with Crippen molar-refractivity contribution < 1.29 is 9.84 Å². The van der Waals surface area contributed by atoms with Gasteiger partial charge in [0.1, 0.15) is 5.75 Å². The number of hydrogen-bond donors (Lipinski definition) is 1. The Bertz CT molecular complexity index is 561. The van der Waals surface area contributed by atoms with E-state index in [9.17, 15) is 5.11 Å². The van der Waals surface area contributed by atoms with Crippen LogP contribution in [0.15, 0.2) is 48.5 Å². The van der Waals surface area contributed by atoms with E-state index in [4.69, 9.17) is 4.74 Å². The quantitative estimate of drug-likeness (QED) is 0.888. The molecule has 1 atom stereocenters. The molecule has 0 saturated heterocycles. The van der Waals surface area contributed by atoms with E-state index in [0.29, 0.717) is 6.42 Å². The van der Waals surface area contributed by atoms with Crippen molar-refractivity contribution >= 4 is 0 Å². The van der Waals surface area contributed by atoms with Crippen molar-refractivity contribution in [2.24, 2.45) is 0 Å². The first-order valence-electron chi connectivity index (χ1n) is 7.05. The van der Waals surface area contributed by atoms with Crippen LogP contribution >= 0.6 is 0 Å². The molecule has 2 rings (SSSR count). The highest BCUT2D eigenvalue weighted by molar-refractivity contribution is 5.36. The van der Waals surface area contributed by atoms with Crippen LogP contribution in [-0.4, -0.2) is 11.2 Å². The molecule has 0 bridgehead atoms. The van der Waals surface area contributed by atoms with Gasteiger partial charge in [-0.1, -0.05) is 48.0 Å². The maximum Gasteiger partial charge on any atom is 0.125 e. The van der Waals surface area contributed by atoms with E-state index in [1.54, 1.807) is 0 Å². The van der Waals surface area contributed by atoms with Gasteiger partial charge in [-0.05, 0) is 32.4 Å². The second kappa shape index (κ2) is 6.58. The predicted molar refractivity (Wildman–Crippen MR) is 82.0 cm³/mol. The second-order valence-corrected chi connectivity index (χ2v) is 5.41. The topological polar surface area (TPSA) is 29.5 Å². The molecule has 0 aliphatic rings. The summed E-state index contributed by atoms with van der Waals surface area (Å²) in [5, 5.41) is 10.5. The first-order chi connectivity index (χ1) is 9.56. The fraction of sp³-hybridized carbons (Fsp3) is 0.333. The van der Waals surface area contributed by atoms with E-state index in [1.165, 1.54) is 5.56 Å². The summed E-state index contributed by atoms with van der Waals surface area (Å²) in [4.78, 5) is 0. The first kappa shape index (κ1) is 14.6. The van der Waals surface area contributed by atoms with Crippen LogP contribution < -0.4 is 4.74 Å². The number of benzene rings is 2. The molecule has 2 heteroatoms. The average Bonchev–Trinajstić information content (AvgIpc) is 2.38. The number of aliphatic hydroxyl groups is 1. The van der Waals surface area contributed by atoms with Gasteiger partial charge in [0, 0.05) is 12.0 Å². The smallest absolute Gasteiger partial charge is 0.125 e. The highest BCUT2D eigenvalue weighted by Crippen LogP contribution is 2.28. The zero-order chi connectivity index (χ0) is 14.5. The van der Waals surface area contributed by atoms with Gasteiger partial charge in [-0.15, -0.1) is 0 Å². The number of para-hydroxylation sites is 1.